The summed E-state index contributed by atoms with van der Waals surface area (Å²) in [6, 6.07) is 5.60. The summed E-state index contributed by atoms with van der Waals surface area (Å²) in [5.41, 5.74) is -0.0584. The molecule has 0 heterocycles. The number of hydrogen-bond donors (Lipinski definition) is 3. The van der Waals surface area contributed by atoms with Crippen molar-refractivity contribution in [3.05, 3.63) is 35.6 Å². The number of carboxylic acids is 1. The molecule has 2 atom stereocenters. The van der Waals surface area contributed by atoms with Crippen molar-refractivity contribution in [1.82, 2.24) is 10.6 Å². The first-order valence-electron chi connectivity index (χ1n) is 6.54. The Bertz CT molecular complexity index is 576. The predicted molar refractivity (Wildman–Crippen MR) is 71.0 cm³/mol. The zero-order valence-corrected chi connectivity index (χ0v) is 11.1. The van der Waals surface area contributed by atoms with Gasteiger partial charge in [-0.3, -0.25) is 14.4 Å². The van der Waals surface area contributed by atoms with Gasteiger partial charge in [0.2, 0.25) is 5.91 Å². The molecule has 1 aromatic carbocycles. The summed E-state index contributed by atoms with van der Waals surface area (Å²) >= 11 is 0. The molecule has 2 rings (SSSR count). The van der Waals surface area contributed by atoms with Crippen LogP contribution in [0, 0.1) is 17.7 Å². The molecule has 3 N–H and O–H groups in total. The van der Waals surface area contributed by atoms with Gasteiger partial charge in [-0.2, -0.15) is 0 Å². The number of aliphatic carboxylic acids is 1. The molecule has 1 fully saturated rings. The van der Waals surface area contributed by atoms with Gasteiger partial charge >= 0.3 is 5.97 Å². The maximum absolute atomic E-state index is 13.3. The van der Waals surface area contributed by atoms with Gasteiger partial charge in [0.1, 0.15) is 5.82 Å². The van der Waals surface area contributed by atoms with Crippen LogP contribution in [0.15, 0.2) is 24.3 Å². The van der Waals surface area contributed by atoms with Gasteiger partial charge in [0.25, 0.3) is 5.91 Å². The molecule has 0 aliphatic heterocycles. The van der Waals surface area contributed by atoms with Gasteiger partial charge in [-0.05, 0) is 18.6 Å². The zero-order valence-electron chi connectivity index (χ0n) is 11.1. The van der Waals surface area contributed by atoms with E-state index in [0.717, 1.165) is 0 Å². The summed E-state index contributed by atoms with van der Waals surface area (Å²) in [7, 11) is 0. The number of hydrogen-bond acceptors (Lipinski definition) is 3. The van der Waals surface area contributed by atoms with Crippen molar-refractivity contribution in [2.75, 3.05) is 13.1 Å². The third-order valence-electron chi connectivity index (χ3n) is 3.27. The molecule has 0 bridgehead atoms. The van der Waals surface area contributed by atoms with Crippen LogP contribution in [0.25, 0.3) is 0 Å². The van der Waals surface area contributed by atoms with E-state index in [9.17, 15) is 18.8 Å². The van der Waals surface area contributed by atoms with Crippen LogP contribution in [0.1, 0.15) is 16.8 Å². The van der Waals surface area contributed by atoms with Gasteiger partial charge in [0.05, 0.1) is 17.4 Å². The average molecular weight is 294 g/mol. The predicted octanol–water partition coefficient (Wildman–Crippen LogP) is 0.392. The van der Waals surface area contributed by atoms with Crippen molar-refractivity contribution in [2.24, 2.45) is 11.8 Å². The minimum atomic E-state index is -0.969. The van der Waals surface area contributed by atoms with Gasteiger partial charge < -0.3 is 15.7 Å². The molecule has 2 amide bonds. The molecule has 21 heavy (non-hydrogen) atoms. The second-order valence-corrected chi connectivity index (χ2v) is 4.81. The normalized spacial score (nSPS) is 19.7. The van der Waals surface area contributed by atoms with E-state index in [1.807, 2.05) is 0 Å². The number of halogens is 1. The first kappa shape index (κ1) is 15.0. The Labute approximate surface area is 120 Å². The summed E-state index contributed by atoms with van der Waals surface area (Å²) in [5.74, 6) is -3.55. The number of carboxylic acid groups (broad SMARTS) is 1. The first-order valence-corrected chi connectivity index (χ1v) is 6.54. The van der Waals surface area contributed by atoms with Crippen molar-refractivity contribution in [3.63, 3.8) is 0 Å². The highest BCUT2D eigenvalue weighted by Gasteiger charge is 2.48. The zero-order chi connectivity index (χ0) is 15.4. The Balaban J connectivity index is 1.69. The molecular formula is C14H15FN2O4. The molecule has 2 unspecified atom stereocenters. The lowest BCUT2D eigenvalue weighted by Crippen LogP contribution is -2.36. The minimum absolute atomic E-state index is 0.0584. The van der Waals surface area contributed by atoms with Gasteiger partial charge in [0, 0.05) is 13.1 Å². The van der Waals surface area contributed by atoms with E-state index in [1.54, 1.807) is 6.07 Å². The summed E-state index contributed by atoms with van der Waals surface area (Å²) in [6.45, 7) is 0.311. The first-order chi connectivity index (χ1) is 10.0. The Hall–Kier alpha value is -2.44. The Morgan fingerprint density at radius 2 is 1.81 bits per heavy atom. The number of rotatable bonds is 6. The lowest BCUT2D eigenvalue weighted by atomic mass is 10.2. The van der Waals surface area contributed by atoms with Crippen molar-refractivity contribution in [3.8, 4) is 0 Å². The van der Waals surface area contributed by atoms with Gasteiger partial charge in [0.15, 0.2) is 0 Å². The Kier molecular flexibility index (Phi) is 4.52. The van der Waals surface area contributed by atoms with Crippen LogP contribution >= 0.6 is 0 Å². The fourth-order valence-electron chi connectivity index (χ4n) is 1.99. The molecular weight excluding hydrogens is 279 g/mol. The maximum atomic E-state index is 13.3. The molecule has 0 spiro atoms. The number of nitrogens with one attached hydrogen (secondary N) is 2. The molecule has 0 radical (unpaired) electrons. The van der Waals surface area contributed by atoms with Gasteiger partial charge in [-0.15, -0.1) is 0 Å². The highest BCUT2D eigenvalue weighted by atomic mass is 19.1. The largest absolute Gasteiger partial charge is 0.481 e. The van der Waals surface area contributed by atoms with Crippen molar-refractivity contribution in [2.45, 2.75) is 6.42 Å². The van der Waals surface area contributed by atoms with Crippen LogP contribution in [0.4, 0.5) is 4.39 Å². The maximum Gasteiger partial charge on any atom is 0.307 e. The van der Waals surface area contributed by atoms with Crippen LogP contribution in [0.3, 0.4) is 0 Å². The number of amides is 2. The quantitative estimate of drug-likeness (QED) is 0.661. The van der Waals surface area contributed by atoms with Crippen LogP contribution in [0.5, 0.6) is 0 Å². The number of carbonyl (C=O) groups is 3. The second kappa shape index (κ2) is 6.34. The molecule has 1 aromatic rings. The number of benzene rings is 1. The Morgan fingerprint density at radius 3 is 2.43 bits per heavy atom. The summed E-state index contributed by atoms with van der Waals surface area (Å²) in [5, 5.41) is 13.7. The molecule has 7 heteroatoms. The third kappa shape index (κ3) is 3.77. The highest BCUT2D eigenvalue weighted by molar-refractivity contribution is 5.94. The van der Waals surface area contributed by atoms with Crippen LogP contribution < -0.4 is 10.6 Å². The molecule has 0 aromatic heterocycles. The van der Waals surface area contributed by atoms with Gasteiger partial charge in [-0.1, -0.05) is 12.1 Å². The van der Waals surface area contributed by atoms with E-state index in [4.69, 9.17) is 5.11 Å². The topological polar surface area (TPSA) is 95.5 Å². The van der Waals surface area contributed by atoms with E-state index in [-0.39, 0.29) is 24.6 Å². The van der Waals surface area contributed by atoms with Crippen LogP contribution in [-0.4, -0.2) is 36.0 Å². The second-order valence-electron chi connectivity index (χ2n) is 4.81. The molecule has 112 valence electrons. The lowest BCUT2D eigenvalue weighted by Gasteiger charge is -2.07. The van der Waals surface area contributed by atoms with Crippen molar-refractivity contribution >= 4 is 17.8 Å². The smallest absolute Gasteiger partial charge is 0.307 e. The van der Waals surface area contributed by atoms with Crippen LogP contribution in [0.2, 0.25) is 0 Å². The molecule has 1 aliphatic rings. The lowest BCUT2D eigenvalue weighted by molar-refractivity contribution is -0.140. The third-order valence-corrected chi connectivity index (χ3v) is 3.27. The standard InChI is InChI=1S/C14H15FN2O4/c15-11-4-2-1-3-8(11)12(18)16-5-6-17-13(19)9-7-10(9)14(20)21/h1-4,9-10H,5-7H2,(H,16,18)(H,17,19)(H,20,21). The van der Waals surface area contributed by atoms with E-state index in [1.165, 1.54) is 18.2 Å². The molecule has 1 aliphatic carbocycles. The number of carbonyl (C=O) groups excluding carboxylic acids is 2. The summed E-state index contributed by atoms with van der Waals surface area (Å²) in [6.07, 6.45) is 0.350. The van der Waals surface area contributed by atoms with Gasteiger partial charge in [-0.25, -0.2) is 4.39 Å². The monoisotopic (exact) mass is 294 g/mol. The van der Waals surface area contributed by atoms with Crippen molar-refractivity contribution < 1.29 is 23.9 Å². The minimum Gasteiger partial charge on any atom is -0.481 e. The highest BCUT2D eigenvalue weighted by Crippen LogP contribution is 2.38. The summed E-state index contributed by atoms with van der Waals surface area (Å²) in [4.78, 5) is 33.8. The van der Waals surface area contributed by atoms with E-state index in [2.05, 4.69) is 10.6 Å². The van der Waals surface area contributed by atoms with Crippen LogP contribution in [-0.2, 0) is 9.59 Å². The van der Waals surface area contributed by atoms with E-state index >= 15 is 0 Å². The fourth-order valence-corrected chi connectivity index (χ4v) is 1.99. The molecule has 6 nitrogen and oxygen atoms in total. The fraction of sp³-hybridized carbons (Fsp3) is 0.357. The van der Waals surface area contributed by atoms with Crippen molar-refractivity contribution in [1.29, 1.82) is 0 Å². The molecule has 1 saturated carbocycles. The Morgan fingerprint density at radius 1 is 1.14 bits per heavy atom. The van der Waals surface area contributed by atoms with E-state index < -0.39 is 29.5 Å². The summed E-state index contributed by atoms with van der Waals surface area (Å²) < 4.78 is 13.3. The molecule has 0 saturated heterocycles. The van der Waals surface area contributed by atoms with E-state index in [0.29, 0.717) is 6.42 Å². The average Bonchev–Trinajstić information content (AvgIpc) is 3.24. The SMILES string of the molecule is O=C(NCCNC(=O)C1CC1C(=O)O)c1ccccc1F.